The van der Waals surface area contributed by atoms with E-state index in [1.165, 1.54) is 0 Å². The monoisotopic (exact) mass is 360 g/mol. The molecule has 2 atom stereocenters. The van der Waals surface area contributed by atoms with Crippen molar-refractivity contribution in [1.29, 1.82) is 0 Å². The summed E-state index contributed by atoms with van der Waals surface area (Å²) in [5.74, 6) is -0.0467. The van der Waals surface area contributed by atoms with Crippen LogP contribution in [0.3, 0.4) is 0 Å². The van der Waals surface area contributed by atoms with Gasteiger partial charge in [0.15, 0.2) is 0 Å². The van der Waals surface area contributed by atoms with Crippen molar-refractivity contribution in [3.8, 4) is 0 Å². The van der Waals surface area contributed by atoms with Gasteiger partial charge in [0.2, 0.25) is 5.91 Å². The first-order chi connectivity index (χ1) is 10.5. The zero-order chi connectivity index (χ0) is 16.2. The molecule has 1 amide bonds. The minimum Gasteiger partial charge on any atom is -0.364 e. The number of hydrogen-bond donors (Lipinski definition) is 2. The van der Waals surface area contributed by atoms with Gasteiger partial charge in [-0.3, -0.25) is 4.79 Å². The molecule has 4 nitrogen and oxygen atoms in total. The Bertz CT molecular complexity index is 504. The van der Waals surface area contributed by atoms with E-state index in [2.05, 4.69) is 19.2 Å². The molecule has 130 valence electrons. The number of carbonyl (C=O) groups is 1. The van der Waals surface area contributed by atoms with Crippen molar-refractivity contribution in [2.75, 3.05) is 6.54 Å². The van der Waals surface area contributed by atoms with Gasteiger partial charge in [0.1, 0.15) is 6.10 Å². The molecule has 0 aromatic heterocycles. The average Bonchev–Trinajstić information content (AvgIpc) is 3.02. The smallest absolute Gasteiger partial charge is 0.249 e. The Morgan fingerprint density at radius 3 is 2.39 bits per heavy atom. The maximum Gasteiger partial charge on any atom is 0.249 e. The second kappa shape index (κ2) is 8.88. The van der Waals surface area contributed by atoms with Crippen molar-refractivity contribution in [3.05, 3.63) is 34.9 Å². The van der Waals surface area contributed by atoms with Gasteiger partial charge in [0.05, 0.1) is 11.6 Å². The summed E-state index contributed by atoms with van der Waals surface area (Å²) in [6.07, 6.45) is 2.81. The van der Waals surface area contributed by atoms with Crippen LogP contribution in [0.5, 0.6) is 0 Å². The highest BCUT2D eigenvalue weighted by Crippen LogP contribution is 2.31. The topological polar surface area (TPSA) is 64.4 Å². The summed E-state index contributed by atoms with van der Waals surface area (Å²) < 4.78 is 5.70. The maximum absolute atomic E-state index is 12.6. The number of nitrogens with two attached hydrogens (primary N) is 1. The fraction of sp³-hybridized carbons (Fsp3) is 0.588. The molecule has 1 fully saturated rings. The lowest BCUT2D eigenvalue weighted by molar-refractivity contribution is -0.134. The molecule has 1 aliphatic heterocycles. The van der Waals surface area contributed by atoms with E-state index in [0.717, 1.165) is 31.2 Å². The largest absolute Gasteiger partial charge is 0.364 e. The van der Waals surface area contributed by atoms with Gasteiger partial charge in [0, 0.05) is 11.6 Å². The molecular weight excluding hydrogens is 335 g/mol. The molecule has 0 saturated carbocycles. The molecule has 3 N–H and O–H groups in total. The zero-order valence-corrected chi connectivity index (χ0v) is 15.3. The first-order valence-electron chi connectivity index (χ1n) is 7.98. The molecular formula is C17H26Cl2N2O2. The standard InChI is InChI=1S/C17H25ClN2O2.ClH/c1-3-17(4-2,12-5-7-13(18)8-6-12)20-16(21)15-10-9-14(11-19)22-15;/h5-8,14-15H,3-4,9-11,19H2,1-2H3,(H,20,21);1H/t14-,15+;/m1./s1. The number of halogens is 2. The Morgan fingerprint density at radius 2 is 1.91 bits per heavy atom. The molecule has 1 aliphatic rings. The van der Waals surface area contributed by atoms with Crippen molar-refractivity contribution in [2.24, 2.45) is 5.73 Å². The SMILES string of the molecule is CCC(CC)(NC(=O)[C@@H]1CC[C@H](CN)O1)c1ccc(Cl)cc1.Cl. The second-order valence-electron chi connectivity index (χ2n) is 5.85. The predicted molar refractivity (Wildman–Crippen MR) is 96.1 cm³/mol. The van der Waals surface area contributed by atoms with Crippen LogP contribution in [0.4, 0.5) is 0 Å². The highest BCUT2D eigenvalue weighted by Gasteiger charge is 2.36. The number of rotatable bonds is 6. The third-order valence-electron chi connectivity index (χ3n) is 4.63. The van der Waals surface area contributed by atoms with Crippen molar-refractivity contribution in [1.82, 2.24) is 5.32 Å². The van der Waals surface area contributed by atoms with E-state index in [0.29, 0.717) is 11.6 Å². The van der Waals surface area contributed by atoms with E-state index in [9.17, 15) is 4.79 Å². The second-order valence-corrected chi connectivity index (χ2v) is 6.28. The van der Waals surface area contributed by atoms with E-state index >= 15 is 0 Å². The summed E-state index contributed by atoms with van der Waals surface area (Å²) in [7, 11) is 0. The molecule has 2 rings (SSSR count). The summed E-state index contributed by atoms with van der Waals surface area (Å²) >= 11 is 5.97. The first kappa shape index (κ1) is 20.2. The summed E-state index contributed by atoms with van der Waals surface area (Å²) in [6.45, 7) is 4.63. The van der Waals surface area contributed by atoms with Gasteiger partial charge in [-0.05, 0) is 43.4 Å². The summed E-state index contributed by atoms with van der Waals surface area (Å²) in [6, 6.07) is 7.68. The van der Waals surface area contributed by atoms with Crippen molar-refractivity contribution in [2.45, 2.75) is 57.3 Å². The van der Waals surface area contributed by atoms with Crippen LogP contribution < -0.4 is 11.1 Å². The molecule has 6 heteroatoms. The highest BCUT2D eigenvalue weighted by atomic mass is 35.5. The summed E-state index contributed by atoms with van der Waals surface area (Å²) in [5.41, 5.74) is 6.30. The minimum absolute atomic E-state index is 0. The van der Waals surface area contributed by atoms with Crippen molar-refractivity contribution < 1.29 is 9.53 Å². The van der Waals surface area contributed by atoms with Crippen LogP contribution in [0.2, 0.25) is 5.02 Å². The third-order valence-corrected chi connectivity index (χ3v) is 4.88. The summed E-state index contributed by atoms with van der Waals surface area (Å²) in [5, 5.41) is 3.90. The lowest BCUT2D eigenvalue weighted by Crippen LogP contribution is -2.49. The number of nitrogens with one attached hydrogen (secondary N) is 1. The Balaban J connectivity index is 0.00000264. The van der Waals surface area contributed by atoms with Crippen LogP contribution in [-0.4, -0.2) is 24.7 Å². The Morgan fingerprint density at radius 1 is 1.30 bits per heavy atom. The van der Waals surface area contributed by atoms with Crippen LogP contribution in [0.1, 0.15) is 45.1 Å². The molecule has 0 spiro atoms. The van der Waals surface area contributed by atoms with Gasteiger partial charge in [0.25, 0.3) is 0 Å². The molecule has 1 saturated heterocycles. The zero-order valence-electron chi connectivity index (χ0n) is 13.7. The van der Waals surface area contributed by atoms with Gasteiger partial charge in [-0.15, -0.1) is 12.4 Å². The van der Waals surface area contributed by atoms with Crippen LogP contribution >= 0.6 is 24.0 Å². The molecule has 0 aliphatic carbocycles. The van der Waals surface area contributed by atoms with Crippen LogP contribution in [0, 0.1) is 0 Å². The normalized spacial score (nSPS) is 20.9. The van der Waals surface area contributed by atoms with E-state index < -0.39 is 6.10 Å². The molecule has 0 radical (unpaired) electrons. The van der Waals surface area contributed by atoms with Crippen LogP contribution in [0.15, 0.2) is 24.3 Å². The molecule has 1 aromatic rings. The van der Waals surface area contributed by atoms with E-state index in [1.54, 1.807) is 0 Å². The quantitative estimate of drug-likeness (QED) is 0.816. The van der Waals surface area contributed by atoms with Gasteiger partial charge >= 0.3 is 0 Å². The van der Waals surface area contributed by atoms with Crippen LogP contribution in [-0.2, 0) is 15.1 Å². The highest BCUT2D eigenvalue weighted by molar-refractivity contribution is 6.30. The molecule has 1 heterocycles. The fourth-order valence-electron chi connectivity index (χ4n) is 3.06. The number of ether oxygens (including phenoxy) is 1. The number of carbonyl (C=O) groups excluding carboxylic acids is 1. The van der Waals surface area contributed by atoms with Crippen molar-refractivity contribution >= 4 is 29.9 Å². The first-order valence-corrected chi connectivity index (χ1v) is 8.36. The van der Waals surface area contributed by atoms with Gasteiger partial charge in [-0.2, -0.15) is 0 Å². The van der Waals surface area contributed by atoms with Crippen LogP contribution in [0.25, 0.3) is 0 Å². The fourth-order valence-corrected chi connectivity index (χ4v) is 3.19. The van der Waals surface area contributed by atoms with E-state index in [-0.39, 0.29) is 30.0 Å². The minimum atomic E-state index is -0.390. The summed E-state index contributed by atoms with van der Waals surface area (Å²) in [4.78, 5) is 12.6. The van der Waals surface area contributed by atoms with E-state index in [4.69, 9.17) is 22.1 Å². The molecule has 0 unspecified atom stereocenters. The lowest BCUT2D eigenvalue weighted by atomic mass is 9.84. The average molecular weight is 361 g/mol. The molecule has 0 bridgehead atoms. The van der Waals surface area contributed by atoms with Gasteiger partial charge in [-0.25, -0.2) is 0 Å². The third kappa shape index (κ3) is 4.60. The molecule has 23 heavy (non-hydrogen) atoms. The maximum atomic E-state index is 12.6. The van der Waals surface area contributed by atoms with Gasteiger partial charge < -0.3 is 15.8 Å². The van der Waals surface area contributed by atoms with Gasteiger partial charge in [-0.1, -0.05) is 37.6 Å². The van der Waals surface area contributed by atoms with Crippen molar-refractivity contribution in [3.63, 3.8) is 0 Å². The van der Waals surface area contributed by atoms with E-state index in [1.807, 2.05) is 24.3 Å². The number of hydrogen-bond acceptors (Lipinski definition) is 3. The lowest BCUT2D eigenvalue weighted by Gasteiger charge is -2.34. The Hall–Kier alpha value is -0.810. The Kier molecular flexibility index (Phi) is 7.81. The predicted octanol–water partition coefficient (Wildman–Crippen LogP) is 3.40. The number of amides is 1. The Labute approximate surface area is 149 Å². The molecule has 1 aromatic carbocycles. The number of benzene rings is 1.